The van der Waals surface area contributed by atoms with Crippen molar-refractivity contribution in [3.8, 4) is 5.75 Å². The average molecular weight is 571 g/mol. The lowest BCUT2D eigenvalue weighted by atomic mass is 9.43. The van der Waals surface area contributed by atoms with E-state index >= 15 is 0 Å². The number of para-hydroxylation sites is 1. The quantitative estimate of drug-likeness (QED) is 0.402. The molecular formula is C33H38BNO7. The maximum Gasteiger partial charge on any atom is 0.482 e. The van der Waals surface area contributed by atoms with Gasteiger partial charge in [0.2, 0.25) is 0 Å². The molecule has 2 aromatic carbocycles. The SMILES string of the molecule is CC1(C)[C@@H]2C[C@H]3OB([C@H](Cc4coc5ccccc45)NC(=O)COc4ccc5c(c4)COC54CCOC4)O[C@@]3(C)[C@H]1C2. The summed E-state index contributed by atoms with van der Waals surface area (Å²) in [5.41, 5.74) is 3.63. The van der Waals surface area contributed by atoms with E-state index in [0.29, 0.717) is 43.8 Å². The number of ether oxygens (including phenoxy) is 3. The molecule has 5 fully saturated rings. The molecule has 0 radical (unpaired) electrons. The van der Waals surface area contributed by atoms with Gasteiger partial charge in [0.25, 0.3) is 5.91 Å². The summed E-state index contributed by atoms with van der Waals surface area (Å²) < 4.78 is 36.9. The van der Waals surface area contributed by atoms with Crippen molar-refractivity contribution in [2.75, 3.05) is 19.8 Å². The monoisotopic (exact) mass is 571 g/mol. The highest BCUT2D eigenvalue weighted by molar-refractivity contribution is 6.48. The second-order valence-electron chi connectivity index (χ2n) is 13.7. The van der Waals surface area contributed by atoms with Crippen LogP contribution in [0.2, 0.25) is 0 Å². The third-order valence-corrected chi connectivity index (χ3v) is 11.1. The Kier molecular flexibility index (Phi) is 6.10. The summed E-state index contributed by atoms with van der Waals surface area (Å²) in [6, 6.07) is 13.9. The van der Waals surface area contributed by atoms with Gasteiger partial charge in [-0.25, -0.2) is 0 Å². The number of hydrogen-bond acceptors (Lipinski definition) is 7. The molecule has 3 aliphatic heterocycles. The lowest BCUT2D eigenvalue weighted by molar-refractivity contribution is -0.199. The molecule has 3 saturated carbocycles. The molecule has 1 unspecified atom stereocenters. The summed E-state index contributed by atoms with van der Waals surface area (Å²) in [5, 5.41) is 4.23. The number of fused-ring (bicyclic) bond motifs is 3. The largest absolute Gasteiger partial charge is 0.484 e. The van der Waals surface area contributed by atoms with E-state index in [1.54, 1.807) is 6.26 Å². The van der Waals surface area contributed by atoms with Crippen LogP contribution in [0.15, 0.2) is 53.1 Å². The summed E-state index contributed by atoms with van der Waals surface area (Å²) in [7, 11) is -0.560. The van der Waals surface area contributed by atoms with Crippen molar-refractivity contribution >= 4 is 24.0 Å². The topological polar surface area (TPSA) is 88.4 Å². The Morgan fingerprint density at radius 1 is 1.17 bits per heavy atom. The Labute approximate surface area is 246 Å². The van der Waals surface area contributed by atoms with Crippen molar-refractivity contribution in [1.29, 1.82) is 0 Å². The predicted molar refractivity (Wildman–Crippen MR) is 156 cm³/mol. The molecule has 9 heteroatoms. The van der Waals surface area contributed by atoms with Crippen molar-refractivity contribution in [3.05, 3.63) is 65.4 Å². The highest BCUT2D eigenvalue weighted by Crippen LogP contribution is 2.65. The molecule has 2 bridgehead atoms. The smallest absolute Gasteiger partial charge is 0.482 e. The van der Waals surface area contributed by atoms with Crippen LogP contribution in [-0.4, -0.2) is 50.5 Å². The number of nitrogens with one attached hydrogen (secondary N) is 1. The first-order valence-corrected chi connectivity index (χ1v) is 15.3. The van der Waals surface area contributed by atoms with Gasteiger partial charge in [0, 0.05) is 18.4 Å². The molecule has 220 valence electrons. The third kappa shape index (κ3) is 4.08. The molecule has 8 nitrogen and oxygen atoms in total. The van der Waals surface area contributed by atoms with Crippen LogP contribution in [0.4, 0.5) is 0 Å². The molecule has 9 rings (SSSR count). The van der Waals surface area contributed by atoms with E-state index in [2.05, 4.69) is 26.1 Å². The lowest BCUT2D eigenvalue weighted by Crippen LogP contribution is -2.65. The fourth-order valence-electron chi connectivity index (χ4n) is 8.50. The predicted octanol–water partition coefficient (Wildman–Crippen LogP) is 4.95. The molecule has 1 aromatic heterocycles. The molecule has 6 aliphatic rings. The van der Waals surface area contributed by atoms with E-state index in [1.165, 1.54) is 6.42 Å². The fraction of sp³-hybridized carbons (Fsp3) is 0.545. The van der Waals surface area contributed by atoms with Gasteiger partial charge in [-0.1, -0.05) is 38.1 Å². The zero-order chi connectivity index (χ0) is 28.7. The molecular weight excluding hydrogens is 533 g/mol. The first kappa shape index (κ1) is 26.8. The molecule has 6 atom stereocenters. The van der Waals surface area contributed by atoms with Crippen LogP contribution >= 0.6 is 0 Å². The van der Waals surface area contributed by atoms with Gasteiger partial charge in [0.1, 0.15) is 16.9 Å². The van der Waals surface area contributed by atoms with E-state index in [1.807, 2.05) is 42.5 Å². The third-order valence-electron chi connectivity index (χ3n) is 11.1. The van der Waals surface area contributed by atoms with Gasteiger partial charge >= 0.3 is 7.12 Å². The maximum atomic E-state index is 13.4. The van der Waals surface area contributed by atoms with Gasteiger partial charge in [-0.3, -0.25) is 4.79 Å². The molecule has 3 aromatic rings. The van der Waals surface area contributed by atoms with Crippen LogP contribution in [0.1, 0.15) is 56.7 Å². The van der Waals surface area contributed by atoms with Gasteiger partial charge in [-0.15, -0.1) is 0 Å². The molecule has 1 N–H and O–H groups in total. The first-order chi connectivity index (χ1) is 20.2. The standard InChI is InChI=1S/C33H38BNO7/c1-31(2)22-14-27(31)32(3)28(15-22)41-34(42-32)29(13-20-16-39-26-7-5-4-6-24(20)26)35-30(36)18-38-23-8-9-25-21(12-23)17-40-33(25)10-11-37-19-33/h4-9,12,16,22,27-29H,10-11,13-15,17-19H2,1-3H3,(H,35,36)/t22-,27-,28+,29-,32-,33?/m0/s1. The summed E-state index contributed by atoms with van der Waals surface area (Å²) in [5.74, 6) is 1.11. The summed E-state index contributed by atoms with van der Waals surface area (Å²) in [4.78, 5) is 13.4. The highest BCUT2D eigenvalue weighted by Gasteiger charge is 2.68. The first-order valence-electron chi connectivity index (χ1n) is 15.3. The normalized spacial score (nSPS) is 32.9. The van der Waals surface area contributed by atoms with Gasteiger partial charge in [0.15, 0.2) is 6.61 Å². The Hall–Kier alpha value is -2.85. The Bertz CT molecular complexity index is 1530. The van der Waals surface area contributed by atoms with E-state index in [4.69, 9.17) is 27.9 Å². The molecule has 2 saturated heterocycles. The van der Waals surface area contributed by atoms with Crippen molar-refractivity contribution < 1.29 is 32.7 Å². The number of amides is 1. The summed E-state index contributed by atoms with van der Waals surface area (Å²) in [6.07, 6.45) is 5.35. The van der Waals surface area contributed by atoms with Crippen LogP contribution in [0.3, 0.4) is 0 Å². The van der Waals surface area contributed by atoms with Crippen LogP contribution in [0.25, 0.3) is 11.0 Å². The maximum absolute atomic E-state index is 13.4. The second kappa shape index (κ2) is 9.58. The van der Waals surface area contributed by atoms with E-state index in [-0.39, 0.29) is 35.2 Å². The Balaban J connectivity index is 0.992. The molecule has 3 aliphatic carbocycles. The average Bonchev–Trinajstić information content (AvgIpc) is 3.77. The number of furan rings is 1. The minimum Gasteiger partial charge on any atom is -0.484 e. The van der Waals surface area contributed by atoms with Crippen molar-refractivity contribution in [1.82, 2.24) is 5.32 Å². The van der Waals surface area contributed by atoms with Crippen molar-refractivity contribution in [3.63, 3.8) is 0 Å². The molecule has 1 amide bonds. The number of rotatable bonds is 7. The zero-order valence-corrected chi connectivity index (χ0v) is 24.5. The Morgan fingerprint density at radius 2 is 2.05 bits per heavy atom. The van der Waals surface area contributed by atoms with Crippen LogP contribution in [0, 0.1) is 17.3 Å². The molecule has 42 heavy (non-hydrogen) atoms. The lowest BCUT2D eigenvalue weighted by Gasteiger charge is -2.64. The minimum absolute atomic E-state index is 0.0261. The van der Waals surface area contributed by atoms with Gasteiger partial charge in [0.05, 0.1) is 37.1 Å². The number of carbonyl (C=O) groups excluding carboxylic acids is 1. The summed E-state index contributed by atoms with van der Waals surface area (Å²) >= 11 is 0. The van der Waals surface area contributed by atoms with Gasteiger partial charge in [-0.05, 0) is 78.3 Å². The van der Waals surface area contributed by atoms with Gasteiger partial charge in [-0.2, -0.15) is 0 Å². The number of hydrogen-bond donors (Lipinski definition) is 1. The van der Waals surface area contributed by atoms with Crippen LogP contribution in [-0.2, 0) is 42.2 Å². The second-order valence-corrected chi connectivity index (χ2v) is 13.7. The van der Waals surface area contributed by atoms with Gasteiger partial charge < -0.3 is 33.3 Å². The summed E-state index contributed by atoms with van der Waals surface area (Å²) in [6.45, 7) is 8.61. The van der Waals surface area contributed by atoms with E-state index in [9.17, 15) is 4.79 Å². The number of carbonyl (C=O) groups is 1. The molecule has 1 spiro atoms. The van der Waals surface area contributed by atoms with E-state index in [0.717, 1.165) is 40.5 Å². The van der Waals surface area contributed by atoms with Crippen molar-refractivity contribution in [2.45, 2.75) is 76.3 Å². The zero-order valence-electron chi connectivity index (χ0n) is 24.5. The van der Waals surface area contributed by atoms with Crippen LogP contribution < -0.4 is 10.1 Å². The fourth-order valence-corrected chi connectivity index (χ4v) is 8.50. The number of benzene rings is 2. The van der Waals surface area contributed by atoms with E-state index < -0.39 is 13.1 Å². The van der Waals surface area contributed by atoms with Crippen LogP contribution in [0.5, 0.6) is 5.75 Å². The Morgan fingerprint density at radius 3 is 2.88 bits per heavy atom. The highest BCUT2D eigenvalue weighted by atomic mass is 16.7. The minimum atomic E-state index is -0.560. The van der Waals surface area contributed by atoms with Crippen molar-refractivity contribution in [2.24, 2.45) is 17.3 Å². The molecule has 4 heterocycles.